The zero-order valence-corrected chi connectivity index (χ0v) is 13.4. The second-order valence-electron chi connectivity index (χ2n) is 6.36. The Balaban J connectivity index is 1.97. The summed E-state index contributed by atoms with van der Waals surface area (Å²) in [5.74, 6) is 0.957. The van der Waals surface area contributed by atoms with Crippen LogP contribution in [0.5, 0.6) is 5.75 Å². The van der Waals surface area contributed by atoms with Gasteiger partial charge in [0.15, 0.2) is 0 Å². The number of ether oxygens (including phenoxy) is 1. The first-order valence-electron chi connectivity index (χ1n) is 7.73. The first kappa shape index (κ1) is 15.2. The van der Waals surface area contributed by atoms with E-state index >= 15 is 0 Å². The van der Waals surface area contributed by atoms with E-state index in [1.54, 1.807) is 0 Å². The van der Waals surface area contributed by atoms with Crippen molar-refractivity contribution in [3.05, 3.63) is 23.8 Å². The third kappa shape index (κ3) is 3.89. The smallest absolute Gasteiger partial charge is 0.120 e. The summed E-state index contributed by atoms with van der Waals surface area (Å²) in [7, 11) is 0. The Morgan fingerprint density at radius 3 is 2.55 bits per heavy atom. The van der Waals surface area contributed by atoms with Gasteiger partial charge in [-0.25, -0.2) is 0 Å². The van der Waals surface area contributed by atoms with E-state index in [1.165, 1.54) is 24.2 Å². The monoisotopic (exact) mass is 276 g/mol. The average Bonchev–Trinajstić information content (AvgIpc) is 2.80. The summed E-state index contributed by atoms with van der Waals surface area (Å²) in [4.78, 5) is 2.53. The Kier molecular flexibility index (Phi) is 4.92. The predicted molar refractivity (Wildman–Crippen MR) is 85.7 cm³/mol. The van der Waals surface area contributed by atoms with Crippen molar-refractivity contribution in [2.45, 2.75) is 59.2 Å². The normalized spacial score (nSPS) is 19.9. The van der Waals surface area contributed by atoms with Crippen LogP contribution in [0.3, 0.4) is 0 Å². The van der Waals surface area contributed by atoms with E-state index in [-0.39, 0.29) is 6.10 Å². The summed E-state index contributed by atoms with van der Waals surface area (Å²) in [5.41, 5.74) is 2.49. The maximum atomic E-state index is 5.73. The van der Waals surface area contributed by atoms with Crippen molar-refractivity contribution in [1.82, 2.24) is 4.90 Å². The van der Waals surface area contributed by atoms with Gasteiger partial charge in [0.1, 0.15) is 5.75 Å². The molecule has 1 aromatic carbocycles. The van der Waals surface area contributed by atoms with Crippen molar-refractivity contribution < 1.29 is 4.74 Å². The van der Waals surface area contributed by atoms with E-state index in [0.29, 0.717) is 12.1 Å². The molecule has 1 aliphatic heterocycles. The van der Waals surface area contributed by atoms with Gasteiger partial charge in [-0.1, -0.05) is 0 Å². The summed E-state index contributed by atoms with van der Waals surface area (Å²) in [6.45, 7) is 13.1. The van der Waals surface area contributed by atoms with Gasteiger partial charge in [0.25, 0.3) is 0 Å². The van der Waals surface area contributed by atoms with E-state index in [9.17, 15) is 0 Å². The number of hydrogen-bond donors (Lipinski definition) is 1. The van der Waals surface area contributed by atoms with Crippen molar-refractivity contribution in [3.63, 3.8) is 0 Å². The minimum Gasteiger partial charge on any atom is -0.491 e. The lowest BCUT2D eigenvalue weighted by Gasteiger charge is -2.21. The molecule has 3 heteroatoms. The molecular weight excluding hydrogens is 248 g/mol. The minimum absolute atomic E-state index is 0.225. The number of likely N-dealkylation sites (tertiary alicyclic amines) is 1. The van der Waals surface area contributed by atoms with Crippen molar-refractivity contribution in [1.29, 1.82) is 0 Å². The fourth-order valence-corrected chi connectivity index (χ4v) is 2.74. The molecule has 0 spiro atoms. The lowest BCUT2D eigenvalue weighted by Crippen LogP contribution is -2.31. The van der Waals surface area contributed by atoms with E-state index in [4.69, 9.17) is 4.74 Å². The van der Waals surface area contributed by atoms with Crippen LogP contribution in [-0.2, 0) is 0 Å². The zero-order chi connectivity index (χ0) is 14.7. The summed E-state index contributed by atoms with van der Waals surface area (Å²) < 4.78 is 5.73. The van der Waals surface area contributed by atoms with Gasteiger partial charge < -0.3 is 10.1 Å². The minimum atomic E-state index is 0.225. The highest BCUT2D eigenvalue weighted by Gasteiger charge is 2.24. The summed E-state index contributed by atoms with van der Waals surface area (Å²) in [6, 6.07) is 7.53. The summed E-state index contributed by atoms with van der Waals surface area (Å²) >= 11 is 0. The van der Waals surface area contributed by atoms with Crippen LogP contribution in [0.25, 0.3) is 0 Å². The van der Waals surface area contributed by atoms with Gasteiger partial charge in [0.05, 0.1) is 6.10 Å². The van der Waals surface area contributed by atoms with Crippen LogP contribution in [0, 0.1) is 6.92 Å². The highest BCUT2D eigenvalue weighted by atomic mass is 16.5. The number of hydrogen-bond acceptors (Lipinski definition) is 3. The molecule has 0 aliphatic carbocycles. The van der Waals surface area contributed by atoms with Crippen molar-refractivity contribution >= 4 is 5.69 Å². The SMILES string of the molecule is Cc1cc(OC(C)C)ccc1NC1CCN(C(C)C)C1. The van der Waals surface area contributed by atoms with E-state index in [0.717, 1.165) is 12.3 Å². The highest BCUT2D eigenvalue weighted by Crippen LogP contribution is 2.25. The van der Waals surface area contributed by atoms with Crippen LogP contribution in [0.1, 0.15) is 39.7 Å². The molecule has 0 aromatic heterocycles. The molecule has 0 bridgehead atoms. The lowest BCUT2D eigenvalue weighted by molar-refractivity contribution is 0.242. The number of benzene rings is 1. The second kappa shape index (κ2) is 6.49. The number of nitrogens with one attached hydrogen (secondary N) is 1. The Labute approximate surface area is 123 Å². The third-order valence-corrected chi connectivity index (χ3v) is 3.88. The van der Waals surface area contributed by atoms with E-state index in [2.05, 4.69) is 63.0 Å². The summed E-state index contributed by atoms with van der Waals surface area (Å²) in [5, 5.41) is 3.68. The summed E-state index contributed by atoms with van der Waals surface area (Å²) in [6.07, 6.45) is 1.45. The van der Waals surface area contributed by atoms with Gasteiger partial charge in [-0.15, -0.1) is 0 Å². The fraction of sp³-hybridized carbons (Fsp3) is 0.647. The molecule has 112 valence electrons. The van der Waals surface area contributed by atoms with Crippen molar-refractivity contribution in [2.24, 2.45) is 0 Å². The molecule has 0 amide bonds. The molecule has 0 saturated carbocycles. The van der Waals surface area contributed by atoms with Gasteiger partial charge in [-0.3, -0.25) is 4.90 Å². The molecule has 3 nitrogen and oxygen atoms in total. The Morgan fingerprint density at radius 2 is 2.00 bits per heavy atom. The van der Waals surface area contributed by atoms with Gasteiger partial charge in [-0.05, 0) is 64.8 Å². The molecule has 1 N–H and O–H groups in total. The molecule has 1 atom stereocenters. The highest BCUT2D eigenvalue weighted by molar-refractivity contribution is 5.54. The van der Waals surface area contributed by atoms with Gasteiger partial charge in [0, 0.05) is 30.9 Å². The average molecular weight is 276 g/mol. The number of anilines is 1. The zero-order valence-electron chi connectivity index (χ0n) is 13.4. The molecular formula is C17H28N2O. The van der Waals surface area contributed by atoms with Crippen LogP contribution in [0.4, 0.5) is 5.69 Å². The van der Waals surface area contributed by atoms with E-state index in [1.807, 2.05) is 0 Å². The Hall–Kier alpha value is -1.22. The molecule has 2 rings (SSSR count). The molecule has 1 saturated heterocycles. The number of aryl methyl sites for hydroxylation is 1. The fourth-order valence-electron chi connectivity index (χ4n) is 2.74. The maximum absolute atomic E-state index is 5.73. The molecule has 20 heavy (non-hydrogen) atoms. The quantitative estimate of drug-likeness (QED) is 0.888. The molecule has 1 fully saturated rings. The molecule has 1 heterocycles. The molecule has 1 aliphatic rings. The topological polar surface area (TPSA) is 24.5 Å². The van der Waals surface area contributed by atoms with Gasteiger partial charge >= 0.3 is 0 Å². The lowest BCUT2D eigenvalue weighted by atomic mass is 10.1. The van der Waals surface area contributed by atoms with E-state index < -0.39 is 0 Å². The van der Waals surface area contributed by atoms with Crippen LogP contribution >= 0.6 is 0 Å². The van der Waals surface area contributed by atoms with Crippen LogP contribution in [-0.4, -0.2) is 36.2 Å². The van der Waals surface area contributed by atoms with Gasteiger partial charge in [0.2, 0.25) is 0 Å². The third-order valence-electron chi connectivity index (χ3n) is 3.88. The second-order valence-corrected chi connectivity index (χ2v) is 6.36. The number of rotatable bonds is 5. The standard InChI is InChI=1S/C17H28N2O/c1-12(2)19-9-8-15(11-19)18-17-7-6-16(10-14(17)5)20-13(3)4/h6-7,10,12-13,15,18H,8-9,11H2,1-5H3. The van der Waals surface area contributed by atoms with Crippen LogP contribution < -0.4 is 10.1 Å². The molecule has 0 radical (unpaired) electrons. The predicted octanol–water partition coefficient (Wildman–Crippen LogP) is 3.68. The molecule has 1 unspecified atom stereocenters. The number of nitrogens with zero attached hydrogens (tertiary/aromatic N) is 1. The van der Waals surface area contributed by atoms with Gasteiger partial charge in [-0.2, -0.15) is 0 Å². The van der Waals surface area contributed by atoms with Crippen LogP contribution in [0.15, 0.2) is 18.2 Å². The van der Waals surface area contributed by atoms with Crippen LogP contribution in [0.2, 0.25) is 0 Å². The maximum Gasteiger partial charge on any atom is 0.120 e. The Bertz CT molecular complexity index is 443. The Morgan fingerprint density at radius 1 is 1.25 bits per heavy atom. The van der Waals surface area contributed by atoms with Crippen molar-refractivity contribution in [3.8, 4) is 5.75 Å². The van der Waals surface area contributed by atoms with Crippen molar-refractivity contribution in [2.75, 3.05) is 18.4 Å². The first-order valence-corrected chi connectivity index (χ1v) is 7.73. The molecule has 1 aromatic rings. The first-order chi connectivity index (χ1) is 9.45. The largest absolute Gasteiger partial charge is 0.491 e.